The number of H-pyrrole nitrogens is 1. The summed E-state index contributed by atoms with van der Waals surface area (Å²) in [6, 6.07) is 11.9. The standard InChI is InChI=1S/C37H54FN5O6Si.C31H40FN5O5.C24H35FN4O2Si.C12H20N2O5/c1-25(2)20-28-29(38)22-39-34-26(3)30(43(35(28)34)24-48-18-19-50(8,9)10)23-42-17-13-14-27(36(42)46)21-31(44)32(49-37(47)41(6)7)15-11-12-16-33(45)40(4)5;1-19(2)15-22-23(32)17-33-28-20(3)24(34-29(22)28)18-37-14-10-11-21(30(37)40)16-25(38)26(42-31(41)36(6)7)12-8-9-13-27(39)35(4)5;1-16(2)12-18-19(25)13-27-22-17(3)21(14-28-9-7-8-20(26)24(28)30)29(23(18)22)15-31-10-11-32(4,5)6;1-13(2)10(15)8-6-5-7-9(11(16)17)19-12(18)14(3)4/h12-14,16-17,22,25,32H,11,15,18-21,23-24H2,1-10H3;9-11,13-14,17,19,26,34H,8,12,15-16,18H2,1-7H3;7-9,13,16H,10-12,14-15,26H2,1-6H3;6,8-9H,5,7H2,1-4H3,(H,16,17)/b16-12+;13-9+;;8-6+/t32-;26-;;9-/m00.0/s1. The van der Waals surface area contributed by atoms with Crippen LogP contribution in [0.25, 0.3) is 33.1 Å². The average Bonchev–Trinajstić information content (AvgIpc) is 1.60. The van der Waals surface area contributed by atoms with E-state index < -0.39 is 70.3 Å². The molecule has 9 aromatic heterocycles. The first-order valence-corrected chi connectivity index (χ1v) is 55.3. The number of anilines is 1. The summed E-state index contributed by atoms with van der Waals surface area (Å²) in [5.41, 5.74) is 16.4. The van der Waals surface area contributed by atoms with Gasteiger partial charge in [-0.1, -0.05) is 111 Å². The number of Topliss-reactive ketones (excluding diaryl/α,β-unsaturated/α-hetero) is 2. The highest BCUT2D eigenvalue weighted by molar-refractivity contribution is 6.76. The zero-order valence-corrected chi connectivity index (χ0v) is 90.4. The van der Waals surface area contributed by atoms with E-state index in [0.29, 0.717) is 97.0 Å². The molecule has 0 fully saturated rings. The number of fused-ring (bicyclic) bond motifs is 3. The molecule has 0 spiro atoms. The number of carboxylic acids is 1. The fraction of sp³-hybridized carbons (Fsp3) is 0.510. The van der Waals surface area contributed by atoms with E-state index in [1.807, 2.05) is 57.6 Å². The number of nitrogens with one attached hydrogen (secondary N) is 1. The van der Waals surface area contributed by atoms with Gasteiger partial charge in [0.15, 0.2) is 23.8 Å². The van der Waals surface area contributed by atoms with Gasteiger partial charge in [-0.3, -0.25) is 53.3 Å². The number of aliphatic carboxylic acids is 1. The Morgan fingerprint density at radius 1 is 0.455 bits per heavy atom. The molecule has 0 aliphatic carbocycles. The number of carboxylic acid groups (broad SMARTS) is 1. The van der Waals surface area contributed by atoms with Crippen LogP contribution in [0.5, 0.6) is 0 Å². The number of carbonyl (C=O) groups is 9. The molecule has 143 heavy (non-hydrogen) atoms. The zero-order valence-electron chi connectivity index (χ0n) is 88.4. The highest BCUT2D eigenvalue weighted by Crippen LogP contribution is 2.34. The molecule has 782 valence electrons. The Morgan fingerprint density at radius 2 is 0.783 bits per heavy atom. The number of halogens is 3. The predicted octanol–water partition coefficient (Wildman–Crippen LogP) is 15.2. The van der Waals surface area contributed by atoms with Gasteiger partial charge in [-0.05, 0) is 168 Å². The molecular weight excluding hydrogens is 1870 g/mol. The van der Waals surface area contributed by atoms with Gasteiger partial charge in [-0.15, -0.1) is 0 Å². The van der Waals surface area contributed by atoms with Crippen molar-refractivity contribution in [3.05, 3.63) is 220 Å². The van der Waals surface area contributed by atoms with Crippen LogP contribution in [0.1, 0.15) is 142 Å². The number of aryl methyl sites for hydroxylation is 3. The molecule has 0 saturated heterocycles. The third-order valence-electron chi connectivity index (χ3n) is 23.1. The highest BCUT2D eigenvalue weighted by atomic mass is 28.3. The normalized spacial score (nSPS) is 12.3. The van der Waals surface area contributed by atoms with E-state index in [9.17, 15) is 66.3 Å². The number of nitrogen functional groups attached to an aromatic ring is 1. The Balaban J connectivity index is 0.000000306. The van der Waals surface area contributed by atoms with Gasteiger partial charge in [0.05, 0.1) is 77.0 Å². The van der Waals surface area contributed by atoms with Crippen LogP contribution in [0.4, 0.5) is 33.2 Å². The van der Waals surface area contributed by atoms with Crippen LogP contribution in [0, 0.1) is 56.0 Å². The van der Waals surface area contributed by atoms with Crippen LogP contribution in [0.15, 0.2) is 124 Å². The van der Waals surface area contributed by atoms with E-state index >= 15 is 4.39 Å². The van der Waals surface area contributed by atoms with E-state index in [1.54, 1.807) is 120 Å². The largest absolute Gasteiger partial charge is 0.479 e. The van der Waals surface area contributed by atoms with Gasteiger partial charge >= 0.3 is 24.2 Å². The summed E-state index contributed by atoms with van der Waals surface area (Å²) in [4.78, 5) is 173. The fourth-order valence-electron chi connectivity index (χ4n) is 14.9. The van der Waals surface area contributed by atoms with E-state index in [-0.39, 0.29) is 145 Å². The van der Waals surface area contributed by atoms with Gasteiger partial charge in [-0.25, -0.2) is 32.3 Å². The first-order chi connectivity index (χ1) is 66.9. The quantitative estimate of drug-likeness (QED) is 0.0138. The number of likely N-dealkylation sites (N-methyl/N-ethyl adjacent to an activating group) is 3. The Bertz CT molecular complexity index is 6210. The third kappa shape index (κ3) is 35.9. The number of aromatic nitrogens is 9. The maximum Gasteiger partial charge on any atom is 0.410 e. The second kappa shape index (κ2) is 55.1. The number of hydrogen-bond donors (Lipinski definition) is 3. The molecule has 9 aromatic rings. The molecule has 34 nitrogen and oxygen atoms in total. The predicted molar refractivity (Wildman–Crippen MR) is 555 cm³/mol. The van der Waals surface area contributed by atoms with Crippen molar-refractivity contribution < 1.29 is 85.1 Å². The number of ether oxygens (including phenoxy) is 5. The smallest absolute Gasteiger partial charge is 0.410 e. The minimum Gasteiger partial charge on any atom is -0.479 e. The summed E-state index contributed by atoms with van der Waals surface area (Å²) in [5.74, 6) is -2.97. The second-order valence-electron chi connectivity index (χ2n) is 40.5. The summed E-state index contributed by atoms with van der Waals surface area (Å²) in [6.45, 7) is 34.1. The summed E-state index contributed by atoms with van der Waals surface area (Å²) >= 11 is 0. The topological polar surface area (TPSA) is 396 Å². The Kier molecular flexibility index (Phi) is 45.8. The van der Waals surface area contributed by atoms with Crippen LogP contribution in [0.2, 0.25) is 51.4 Å². The van der Waals surface area contributed by atoms with Crippen molar-refractivity contribution in [2.75, 3.05) is 104 Å². The molecule has 9 heterocycles. The molecule has 9 rings (SSSR count). The van der Waals surface area contributed by atoms with Crippen molar-refractivity contribution in [1.29, 1.82) is 0 Å². The van der Waals surface area contributed by atoms with Crippen LogP contribution in [-0.4, -0.2) is 263 Å². The lowest BCUT2D eigenvalue weighted by atomic mass is 10.0. The lowest BCUT2D eigenvalue weighted by Gasteiger charge is -2.19. The number of rotatable bonds is 44. The molecule has 0 aliphatic heterocycles. The number of carbonyl (C=O) groups excluding carboxylic acids is 8. The molecule has 4 N–H and O–H groups in total. The minimum absolute atomic E-state index is 0.117. The molecule has 0 aliphatic rings. The van der Waals surface area contributed by atoms with Crippen LogP contribution < -0.4 is 22.4 Å². The van der Waals surface area contributed by atoms with Gasteiger partial charge in [-0.2, -0.15) is 0 Å². The number of allylic oxidation sites excluding steroid dienone is 3. The number of nitrogens with two attached hydrogens (primary N) is 1. The van der Waals surface area contributed by atoms with Crippen molar-refractivity contribution >= 4 is 108 Å². The summed E-state index contributed by atoms with van der Waals surface area (Å²) in [6.07, 6.45) is 14.8. The molecule has 3 atom stereocenters. The maximum atomic E-state index is 15.3. The van der Waals surface area contributed by atoms with Crippen molar-refractivity contribution in [1.82, 2.24) is 72.2 Å². The number of ketones is 2. The van der Waals surface area contributed by atoms with Crippen LogP contribution in [-0.2, 0) is 118 Å². The third-order valence-corrected chi connectivity index (χ3v) is 26.5. The van der Waals surface area contributed by atoms with E-state index in [4.69, 9.17) is 34.5 Å². The van der Waals surface area contributed by atoms with E-state index in [1.165, 1.54) is 113 Å². The first-order valence-electron chi connectivity index (χ1n) is 47.9. The van der Waals surface area contributed by atoms with Gasteiger partial charge in [0.2, 0.25) is 23.8 Å². The molecular formula is C104H149F3N16O18Si2. The van der Waals surface area contributed by atoms with Gasteiger partial charge in [0.25, 0.3) is 16.7 Å². The fourth-order valence-corrected chi connectivity index (χ4v) is 16.4. The van der Waals surface area contributed by atoms with Crippen LogP contribution >= 0.6 is 0 Å². The monoisotopic (exact) mass is 2020 g/mol. The van der Waals surface area contributed by atoms with E-state index in [0.717, 1.165) is 61.8 Å². The van der Waals surface area contributed by atoms with Crippen LogP contribution in [0.3, 0.4) is 0 Å². The highest BCUT2D eigenvalue weighted by Gasteiger charge is 2.31. The summed E-state index contributed by atoms with van der Waals surface area (Å²) in [5, 5.41) is 8.91. The van der Waals surface area contributed by atoms with Crippen molar-refractivity contribution in [3.8, 4) is 0 Å². The maximum absolute atomic E-state index is 15.3. The van der Waals surface area contributed by atoms with E-state index in [2.05, 4.69) is 73.1 Å². The van der Waals surface area contributed by atoms with Crippen molar-refractivity contribution in [2.45, 2.75) is 236 Å². The molecule has 0 bridgehead atoms. The lowest BCUT2D eigenvalue weighted by molar-refractivity contribution is -0.147. The molecule has 0 aromatic carbocycles. The Labute approximate surface area is 838 Å². The van der Waals surface area contributed by atoms with Gasteiger partial charge in [0.1, 0.15) is 30.9 Å². The van der Waals surface area contributed by atoms with Crippen molar-refractivity contribution in [3.63, 3.8) is 0 Å². The SMILES string of the molecule is CN(C)C(=O)/C=C/CC[C@H](OC(=O)N(C)C)C(=O)O.Cc1c(Cn2cccc(CC(=O)[C@H](CC/C=C/C(=O)N(C)C)OC(=O)N(C)C)c2=O)[nH]c2c(CC(C)C)c(F)cnc12.Cc1c(Cn2cccc(CC(=O)[C@H](CC/C=C/C(=O)N(C)C)OC(=O)N(C)C)c2=O)n(COCC[Si](C)(C)C)c2c(CC(C)C)c(F)cnc12.Cc1c(Cn2cccc(N)c2=O)n(COCC[Si](C)(C)C)c2c(CC(C)C)c(F)cnc12. The second-order valence-corrected chi connectivity index (χ2v) is 51.7. The number of aromatic amines is 1. The lowest BCUT2D eigenvalue weighted by Crippen LogP contribution is -2.35. The number of nitrogens with zero attached hydrogens (tertiary/aromatic N) is 14. The number of hydrogen-bond acceptors (Lipinski definition) is 21. The first kappa shape index (κ1) is 119. The zero-order chi connectivity index (χ0) is 107. The summed E-state index contributed by atoms with van der Waals surface area (Å²) < 4.78 is 81.3. The molecule has 0 saturated carbocycles. The van der Waals surface area contributed by atoms with Crippen molar-refractivity contribution in [2.24, 2.45) is 17.8 Å². The average molecular weight is 2020 g/mol. The Morgan fingerprint density at radius 3 is 1.13 bits per heavy atom. The molecule has 0 unspecified atom stereocenters. The van der Waals surface area contributed by atoms with Gasteiger partial charge < -0.3 is 91.7 Å². The Hall–Kier alpha value is -12.9. The summed E-state index contributed by atoms with van der Waals surface area (Å²) in [7, 11) is 16.2. The van der Waals surface area contributed by atoms with Gasteiger partial charge in [0, 0.05) is 190 Å². The molecule has 39 heteroatoms. The number of pyridine rings is 6. The number of amides is 6. The molecule has 6 amide bonds. The minimum atomic E-state index is -1.36. The molecule has 0 radical (unpaired) electrons.